The Labute approximate surface area is 141 Å². The minimum absolute atomic E-state index is 0.109. The van der Waals surface area contributed by atoms with Crippen LogP contribution < -0.4 is 5.32 Å². The lowest BCUT2D eigenvalue weighted by molar-refractivity contribution is -0.387. The maximum Gasteiger partial charge on any atom is 0.284 e. The molecule has 0 aliphatic heterocycles. The van der Waals surface area contributed by atoms with Crippen LogP contribution in [-0.2, 0) is 4.74 Å². The number of rotatable bonds is 7. The number of carbonyl (C=O) groups excluding carboxylic acids is 1. The number of aryl methyl sites for hydroxylation is 1. The number of methoxy groups -OCH3 is 1. The Morgan fingerprint density at radius 1 is 1.52 bits per heavy atom. The lowest BCUT2D eigenvalue weighted by Gasteiger charge is -2.06. The first-order chi connectivity index (χ1) is 11.0. The predicted molar refractivity (Wildman–Crippen MR) is 88.3 cm³/mol. The van der Waals surface area contributed by atoms with E-state index in [0.717, 1.165) is 10.0 Å². The van der Waals surface area contributed by atoms with Crippen molar-refractivity contribution >= 4 is 34.7 Å². The molecule has 0 unspecified atom stereocenters. The minimum Gasteiger partial charge on any atom is -0.383 e. The molecule has 9 heteroatoms. The molecule has 2 aromatic rings. The Balaban J connectivity index is 2.20. The van der Waals surface area contributed by atoms with Crippen molar-refractivity contribution in [2.24, 2.45) is 0 Å². The number of nitro groups is 1. The molecule has 0 aliphatic rings. The Morgan fingerprint density at radius 2 is 2.30 bits per heavy atom. The van der Waals surface area contributed by atoms with Gasteiger partial charge in [0.2, 0.25) is 0 Å². The van der Waals surface area contributed by atoms with E-state index < -0.39 is 4.92 Å². The molecule has 0 radical (unpaired) electrons. The number of benzene rings is 1. The number of nitrogens with zero attached hydrogens (tertiary/aromatic N) is 2. The van der Waals surface area contributed by atoms with E-state index in [-0.39, 0.29) is 17.2 Å². The van der Waals surface area contributed by atoms with Crippen LogP contribution in [0.25, 0.3) is 0 Å². The molecule has 1 aromatic heterocycles. The van der Waals surface area contributed by atoms with Crippen LogP contribution in [0, 0.1) is 17.0 Å². The number of ether oxygens (including phenoxy) is 1. The van der Waals surface area contributed by atoms with Crippen LogP contribution in [0.1, 0.15) is 16.1 Å². The highest BCUT2D eigenvalue weighted by molar-refractivity contribution is 8.01. The summed E-state index contributed by atoms with van der Waals surface area (Å²) in [6, 6.07) is 4.42. The number of carbonyl (C=O) groups is 1. The minimum atomic E-state index is -0.491. The van der Waals surface area contributed by atoms with Gasteiger partial charge in [0.1, 0.15) is 0 Å². The first-order valence-corrected chi connectivity index (χ1v) is 8.36. The summed E-state index contributed by atoms with van der Waals surface area (Å²) in [4.78, 5) is 27.5. The molecule has 2 rings (SSSR count). The van der Waals surface area contributed by atoms with E-state index >= 15 is 0 Å². The largest absolute Gasteiger partial charge is 0.383 e. The quantitative estimate of drug-likeness (QED) is 0.467. The summed E-state index contributed by atoms with van der Waals surface area (Å²) < 4.78 is 5.57. The number of hydrogen-bond acceptors (Lipinski definition) is 7. The van der Waals surface area contributed by atoms with Gasteiger partial charge in [-0.2, -0.15) is 0 Å². The average Bonchev–Trinajstić information content (AvgIpc) is 2.92. The van der Waals surface area contributed by atoms with Crippen molar-refractivity contribution in [1.29, 1.82) is 0 Å². The number of aromatic nitrogens is 1. The first kappa shape index (κ1) is 17.4. The van der Waals surface area contributed by atoms with Crippen molar-refractivity contribution in [2.75, 3.05) is 20.3 Å². The highest BCUT2D eigenvalue weighted by atomic mass is 32.2. The molecule has 23 heavy (non-hydrogen) atoms. The zero-order valence-corrected chi connectivity index (χ0v) is 14.2. The fourth-order valence-corrected chi connectivity index (χ4v) is 3.61. The van der Waals surface area contributed by atoms with Gasteiger partial charge in [0, 0.05) is 36.4 Å². The molecule has 0 spiro atoms. The predicted octanol–water partition coefficient (Wildman–Crippen LogP) is 2.89. The molecule has 0 fully saturated rings. The topological polar surface area (TPSA) is 94.4 Å². The first-order valence-electron chi connectivity index (χ1n) is 6.67. The number of nitrogens with one attached hydrogen (secondary N) is 1. The summed E-state index contributed by atoms with van der Waals surface area (Å²) in [6.07, 6.45) is 0. The molecule has 0 saturated heterocycles. The molecule has 1 amide bonds. The van der Waals surface area contributed by atoms with Crippen LogP contribution in [0.5, 0.6) is 0 Å². The van der Waals surface area contributed by atoms with Crippen molar-refractivity contribution < 1.29 is 14.5 Å². The molecule has 7 nitrogen and oxygen atoms in total. The lowest BCUT2D eigenvalue weighted by atomic mass is 10.2. The maximum atomic E-state index is 12.0. The van der Waals surface area contributed by atoms with Gasteiger partial charge >= 0.3 is 0 Å². The van der Waals surface area contributed by atoms with Crippen LogP contribution in [0.15, 0.2) is 32.8 Å². The number of thiazole rings is 1. The summed E-state index contributed by atoms with van der Waals surface area (Å²) in [6.45, 7) is 2.59. The van der Waals surface area contributed by atoms with Gasteiger partial charge in [-0.1, -0.05) is 11.8 Å². The summed E-state index contributed by atoms with van der Waals surface area (Å²) in [7, 11) is 1.53. The van der Waals surface area contributed by atoms with E-state index in [2.05, 4.69) is 10.3 Å². The number of amides is 1. The third-order valence-corrected chi connectivity index (χ3v) is 4.93. The SMILES string of the molecule is COCCNC(=O)c1ccc(Sc2nc(C)cs2)c([N+](=O)[O-])c1. The molecule has 0 atom stereocenters. The van der Waals surface area contributed by atoms with Crippen LogP contribution in [0.4, 0.5) is 5.69 Å². The maximum absolute atomic E-state index is 12.0. The second kappa shape index (κ2) is 8.04. The van der Waals surface area contributed by atoms with Gasteiger partial charge in [0.05, 0.1) is 16.4 Å². The molecule has 1 heterocycles. The van der Waals surface area contributed by atoms with E-state index in [1.807, 2.05) is 12.3 Å². The zero-order valence-electron chi connectivity index (χ0n) is 12.6. The fraction of sp³-hybridized carbons (Fsp3) is 0.286. The van der Waals surface area contributed by atoms with Crippen molar-refractivity contribution in [3.63, 3.8) is 0 Å². The van der Waals surface area contributed by atoms with E-state index in [9.17, 15) is 14.9 Å². The van der Waals surface area contributed by atoms with Crippen LogP contribution in [0.2, 0.25) is 0 Å². The Bertz CT molecular complexity index is 718. The number of nitro benzene ring substituents is 1. The molecule has 1 N–H and O–H groups in total. The Morgan fingerprint density at radius 3 is 2.91 bits per heavy atom. The van der Waals surface area contributed by atoms with E-state index in [1.165, 1.54) is 36.3 Å². The second-order valence-electron chi connectivity index (χ2n) is 4.55. The van der Waals surface area contributed by atoms with Crippen molar-refractivity contribution in [3.05, 3.63) is 45.0 Å². The third kappa shape index (κ3) is 4.75. The zero-order chi connectivity index (χ0) is 16.8. The summed E-state index contributed by atoms with van der Waals surface area (Å²) in [5, 5.41) is 15.8. The average molecular weight is 353 g/mol. The molecule has 0 saturated carbocycles. The molecule has 122 valence electrons. The smallest absolute Gasteiger partial charge is 0.284 e. The standard InChI is InChI=1S/C14H15N3O4S2/c1-9-8-22-14(16-9)23-12-4-3-10(7-11(12)17(19)20)13(18)15-5-6-21-2/h3-4,7-8H,5-6H2,1-2H3,(H,15,18). The lowest BCUT2D eigenvalue weighted by Crippen LogP contribution is -2.26. The highest BCUT2D eigenvalue weighted by Gasteiger charge is 2.19. The summed E-state index contributed by atoms with van der Waals surface area (Å²) in [5.74, 6) is -0.369. The molecule has 1 aromatic carbocycles. The fourth-order valence-electron chi connectivity index (χ4n) is 1.73. The van der Waals surface area contributed by atoms with Gasteiger partial charge < -0.3 is 10.1 Å². The highest BCUT2D eigenvalue weighted by Crippen LogP contribution is 2.36. The Hall–Kier alpha value is -1.97. The van der Waals surface area contributed by atoms with Crippen LogP contribution >= 0.6 is 23.1 Å². The Kier molecular flexibility index (Phi) is 6.08. The van der Waals surface area contributed by atoms with Gasteiger partial charge in [-0.3, -0.25) is 14.9 Å². The molecular weight excluding hydrogens is 338 g/mol. The van der Waals surface area contributed by atoms with Crippen molar-refractivity contribution in [3.8, 4) is 0 Å². The van der Waals surface area contributed by atoms with Crippen molar-refractivity contribution in [1.82, 2.24) is 10.3 Å². The van der Waals surface area contributed by atoms with E-state index in [4.69, 9.17) is 4.74 Å². The summed E-state index contributed by atoms with van der Waals surface area (Å²) >= 11 is 2.64. The van der Waals surface area contributed by atoms with Gasteiger partial charge in [-0.15, -0.1) is 11.3 Å². The summed E-state index contributed by atoms with van der Waals surface area (Å²) in [5.41, 5.74) is 1.00. The third-order valence-electron chi connectivity index (χ3n) is 2.80. The second-order valence-corrected chi connectivity index (χ2v) is 6.69. The van der Waals surface area contributed by atoms with E-state index in [1.54, 1.807) is 12.1 Å². The molecule has 0 aliphatic carbocycles. The van der Waals surface area contributed by atoms with Crippen LogP contribution in [0.3, 0.4) is 0 Å². The normalized spacial score (nSPS) is 10.5. The number of hydrogen-bond donors (Lipinski definition) is 1. The molecular formula is C14H15N3O4S2. The van der Waals surface area contributed by atoms with Gasteiger partial charge in [0.15, 0.2) is 4.34 Å². The van der Waals surface area contributed by atoms with Gasteiger partial charge in [-0.05, 0) is 19.1 Å². The van der Waals surface area contributed by atoms with Crippen LogP contribution in [-0.4, -0.2) is 36.1 Å². The van der Waals surface area contributed by atoms with E-state index in [0.29, 0.717) is 18.0 Å². The van der Waals surface area contributed by atoms with Gasteiger partial charge in [-0.25, -0.2) is 4.98 Å². The van der Waals surface area contributed by atoms with Gasteiger partial charge in [0.25, 0.3) is 11.6 Å². The van der Waals surface area contributed by atoms with Crippen molar-refractivity contribution in [2.45, 2.75) is 16.2 Å². The molecule has 0 bridgehead atoms. The monoisotopic (exact) mass is 353 g/mol.